The molecule has 0 saturated carbocycles. The number of hydrogen-bond acceptors (Lipinski definition) is 2. The Bertz CT molecular complexity index is 139. The van der Waals surface area contributed by atoms with Crippen LogP contribution >= 0.6 is 0 Å². The molecule has 3 heteroatoms. The summed E-state index contributed by atoms with van der Waals surface area (Å²) in [6.07, 6.45) is 2.36. The van der Waals surface area contributed by atoms with Crippen LogP contribution in [0.1, 0.15) is 12.8 Å². The molecule has 0 spiro atoms. The number of rotatable bonds is 0. The number of nitrogens with zero attached hydrogens (tertiary/aromatic N) is 1. The maximum absolute atomic E-state index is 10.4. The highest BCUT2D eigenvalue weighted by Gasteiger charge is 2.09. The highest BCUT2D eigenvalue weighted by molar-refractivity contribution is 6.25. The number of ketones is 1. The normalized spacial score (nSPS) is 20.5. The summed E-state index contributed by atoms with van der Waals surface area (Å²) in [7, 11) is 0. The number of carbonyl (C=O) groups excluding carboxylic acids is 1. The third-order valence-corrected chi connectivity index (χ3v) is 1.09. The molecule has 0 unspecified atom stereocenters. The van der Waals surface area contributed by atoms with Gasteiger partial charge in [-0.1, -0.05) is 0 Å². The molecule has 0 bridgehead atoms. The molecule has 0 radical (unpaired) electrons. The topological polar surface area (TPSA) is 43.1 Å². The molecule has 8 heavy (non-hydrogen) atoms. The van der Waals surface area contributed by atoms with Gasteiger partial charge in [-0.05, 0) is 0 Å². The van der Waals surface area contributed by atoms with Crippen molar-refractivity contribution >= 4 is 12.0 Å². The van der Waals surface area contributed by atoms with Gasteiger partial charge in [0.2, 0.25) is 12.0 Å². The van der Waals surface area contributed by atoms with Gasteiger partial charge in [0, 0.05) is 12.8 Å². The average molecular weight is 113 g/mol. The van der Waals surface area contributed by atoms with Crippen LogP contribution in [-0.4, -0.2) is 23.3 Å². The molecule has 1 aliphatic heterocycles. The highest BCUT2D eigenvalue weighted by atomic mass is 16.5. The lowest BCUT2D eigenvalue weighted by atomic mass is 10.2. The van der Waals surface area contributed by atoms with E-state index in [0.717, 1.165) is 6.21 Å². The lowest BCUT2D eigenvalue weighted by molar-refractivity contribution is -0.454. The summed E-state index contributed by atoms with van der Waals surface area (Å²) >= 11 is 0. The fraction of sp³-hybridized carbons (Fsp3) is 0.600. The minimum absolute atomic E-state index is 0.0498. The molecule has 0 amide bonds. The fourth-order valence-electron chi connectivity index (χ4n) is 0.699. The smallest absolute Gasteiger partial charge is 0.219 e. The minimum Gasteiger partial charge on any atom is -0.624 e. The first-order valence-electron chi connectivity index (χ1n) is 2.60. The van der Waals surface area contributed by atoms with Crippen molar-refractivity contribution in [2.75, 3.05) is 6.54 Å². The zero-order valence-electron chi connectivity index (χ0n) is 4.46. The van der Waals surface area contributed by atoms with E-state index in [4.69, 9.17) is 0 Å². The number of hydrogen-bond donors (Lipinski definition) is 0. The Morgan fingerprint density at radius 3 is 2.88 bits per heavy atom. The Labute approximate surface area is 47.2 Å². The van der Waals surface area contributed by atoms with Crippen molar-refractivity contribution in [3.63, 3.8) is 0 Å². The first-order valence-corrected chi connectivity index (χ1v) is 2.60. The van der Waals surface area contributed by atoms with Crippen LogP contribution in [0.3, 0.4) is 0 Å². The van der Waals surface area contributed by atoms with Crippen molar-refractivity contribution < 1.29 is 9.53 Å². The van der Waals surface area contributed by atoms with E-state index in [-0.39, 0.29) is 5.78 Å². The van der Waals surface area contributed by atoms with Gasteiger partial charge in [0.25, 0.3) is 0 Å². The molecule has 0 fully saturated rings. The van der Waals surface area contributed by atoms with Crippen LogP contribution in [0.25, 0.3) is 0 Å². The summed E-state index contributed by atoms with van der Waals surface area (Å²) in [6, 6.07) is 0. The van der Waals surface area contributed by atoms with Crippen LogP contribution < -0.4 is 0 Å². The molecule has 0 aromatic carbocycles. The van der Waals surface area contributed by atoms with Gasteiger partial charge in [-0.15, -0.1) is 0 Å². The van der Waals surface area contributed by atoms with Crippen LogP contribution in [0.15, 0.2) is 0 Å². The van der Waals surface area contributed by atoms with Crippen molar-refractivity contribution in [3.05, 3.63) is 5.21 Å². The molecule has 0 aromatic heterocycles. The predicted octanol–water partition coefficient (Wildman–Crippen LogP) is -0.0696. The Morgan fingerprint density at radius 1 is 1.75 bits per heavy atom. The van der Waals surface area contributed by atoms with Crippen LogP contribution in [0.4, 0.5) is 0 Å². The van der Waals surface area contributed by atoms with Crippen LogP contribution in [0, 0.1) is 5.21 Å². The quantitative estimate of drug-likeness (QED) is 0.326. The Balaban J connectivity index is 2.64. The zero-order chi connectivity index (χ0) is 5.98. The summed E-state index contributed by atoms with van der Waals surface area (Å²) in [4.78, 5) is 10.4. The molecule has 1 heterocycles. The average Bonchev–Trinajstić information content (AvgIpc) is 1.64. The zero-order valence-corrected chi connectivity index (χ0v) is 4.46. The lowest BCUT2D eigenvalue weighted by Crippen LogP contribution is -2.19. The maximum atomic E-state index is 10.4. The Hall–Kier alpha value is -0.860. The van der Waals surface area contributed by atoms with Gasteiger partial charge in [0.1, 0.15) is 0 Å². The summed E-state index contributed by atoms with van der Waals surface area (Å²) in [5.41, 5.74) is 0. The van der Waals surface area contributed by atoms with Gasteiger partial charge in [-0.2, -0.15) is 0 Å². The standard InChI is InChI=1S/C5H7NO2/c7-5-2-1-3-6(8)4-5/h4H,1-3H2. The molecule has 0 aliphatic carbocycles. The Kier molecular flexibility index (Phi) is 1.28. The molecule has 0 aromatic rings. The summed E-state index contributed by atoms with van der Waals surface area (Å²) in [5, 5.41) is 10.3. The Morgan fingerprint density at radius 2 is 2.50 bits per heavy atom. The molecule has 44 valence electrons. The van der Waals surface area contributed by atoms with E-state index in [9.17, 15) is 10.0 Å². The number of Topliss-reactive ketones (excluding diaryl/α,β-unsaturated/α-hetero) is 1. The SMILES string of the molecule is O=C1C=[N+]([O-])CCC1. The molecule has 0 saturated heterocycles. The largest absolute Gasteiger partial charge is 0.624 e. The molecule has 0 atom stereocenters. The first-order chi connectivity index (χ1) is 3.79. The third kappa shape index (κ3) is 1.05. The van der Waals surface area contributed by atoms with E-state index >= 15 is 0 Å². The van der Waals surface area contributed by atoms with Gasteiger partial charge < -0.3 is 5.21 Å². The van der Waals surface area contributed by atoms with Crippen molar-refractivity contribution in [1.29, 1.82) is 0 Å². The van der Waals surface area contributed by atoms with Crippen molar-refractivity contribution in [2.45, 2.75) is 12.8 Å². The van der Waals surface area contributed by atoms with Gasteiger partial charge >= 0.3 is 0 Å². The van der Waals surface area contributed by atoms with Crippen molar-refractivity contribution in [2.24, 2.45) is 0 Å². The van der Waals surface area contributed by atoms with Crippen molar-refractivity contribution in [3.8, 4) is 0 Å². The maximum Gasteiger partial charge on any atom is 0.219 e. The van der Waals surface area contributed by atoms with Crippen LogP contribution in [-0.2, 0) is 4.79 Å². The van der Waals surface area contributed by atoms with E-state index < -0.39 is 0 Å². The monoisotopic (exact) mass is 113 g/mol. The van der Waals surface area contributed by atoms with E-state index in [2.05, 4.69) is 0 Å². The minimum atomic E-state index is -0.0498. The molecular formula is C5H7NO2. The summed E-state index contributed by atoms with van der Waals surface area (Å²) in [6.45, 7) is 0.478. The number of hydroxylamine groups is 1. The van der Waals surface area contributed by atoms with Gasteiger partial charge in [-0.25, -0.2) is 4.74 Å². The van der Waals surface area contributed by atoms with Gasteiger partial charge in [-0.3, -0.25) is 4.79 Å². The highest BCUT2D eigenvalue weighted by Crippen LogP contribution is 1.94. The van der Waals surface area contributed by atoms with E-state index in [1.807, 2.05) is 0 Å². The van der Waals surface area contributed by atoms with Crippen LogP contribution in [0.5, 0.6) is 0 Å². The molecule has 1 aliphatic rings. The fourth-order valence-corrected chi connectivity index (χ4v) is 0.699. The third-order valence-electron chi connectivity index (χ3n) is 1.09. The summed E-state index contributed by atoms with van der Waals surface area (Å²) < 4.78 is 0.686. The molecule has 3 nitrogen and oxygen atoms in total. The molecule has 0 N–H and O–H groups in total. The number of carbonyl (C=O) groups is 1. The molecule has 1 rings (SSSR count). The second kappa shape index (κ2) is 1.94. The van der Waals surface area contributed by atoms with Gasteiger partial charge in [0.15, 0.2) is 6.54 Å². The molecular weight excluding hydrogens is 106 g/mol. The summed E-state index contributed by atoms with van der Waals surface area (Å²) in [5.74, 6) is -0.0498. The predicted molar refractivity (Wildman–Crippen MR) is 28.8 cm³/mol. The second-order valence-corrected chi connectivity index (χ2v) is 1.84. The van der Waals surface area contributed by atoms with E-state index in [1.54, 1.807) is 0 Å². The first kappa shape index (κ1) is 5.28. The van der Waals surface area contributed by atoms with E-state index in [1.165, 1.54) is 0 Å². The lowest BCUT2D eigenvalue weighted by Gasteiger charge is -2.05. The van der Waals surface area contributed by atoms with Crippen LogP contribution in [0.2, 0.25) is 0 Å². The van der Waals surface area contributed by atoms with E-state index in [0.29, 0.717) is 24.1 Å². The second-order valence-electron chi connectivity index (χ2n) is 1.84. The van der Waals surface area contributed by atoms with Crippen molar-refractivity contribution in [1.82, 2.24) is 0 Å². The van der Waals surface area contributed by atoms with Gasteiger partial charge in [0.05, 0.1) is 0 Å².